The van der Waals surface area contributed by atoms with Gasteiger partial charge in [0.25, 0.3) is 0 Å². The van der Waals surface area contributed by atoms with Crippen LogP contribution in [0.15, 0.2) is 30.9 Å². The Kier molecular flexibility index (Phi) is 7.68. The molecule has 0 fully saturated rings. The highest BCUT2D eigenvalue weighted by Gasteiger charge is 2.01. The average molecular weight is 252 g/mol. The summed E-state index contributed by atoms with van der Waals surface area (Å²) < 4.78 is 5.07. The zero-order valence-corrected chi connectivity index (χ0v) is 10.1. The lowest BCUT2D eigenvalue weighted by atomic mass is 10.2. The quantitative estimate of drug-likeness (QED) is 0.620. The number of rotatable bonds is 5. The lowest BCUT2D eigenvalue weighted by Gasteiger charge is -2.04. The molecule has 0 unspecified atom stereocenters. The summed E-state index contributed by atoms with van der Waals surface area (Å²) in [4.78, 5) is 19.9. The third-order valence-corrected chi connectivity index (χ3v) is 1.74. The standard InChI is InChI=1S/C9H10O3.C4H6O2/c1-2-12-9-5-7(6-10)3-4-8(9)11;1-2-3-4(5)6/h3-6,11H,2H2,1H3;2H,1,3H2,(H,5,6). The molecule has 0 heterocycles. The van der Waals surface area contributed by atoms with Crippen molar-refractivity contribution in [2.24, 2.45) is 0 Å². The Balaban J connectivity index is 0.000000411. The largest absolute Gasteiger partial charge is 0.504 e. The van der Waals surface area contributed by atoms with Crippen LogP contribution in [0.2, 0.25) is 0 Å². The molecular weight excluding hydrogens is 236 g/mol. The van der Waals surface area contributed by atoms with Crippen molar-refractivity contribution >= 4 is 12.3 Å². The fraction of sp³-hybridized carbons (Fsp3) is 0.231. The fourth-order valence-corrected chi connectivity index (χ4v) is 0.999. The molecule has 0 atom stereocenters. The van der Waals surface area contributed by atoms with Gasteiger partial charge < -0.3 is 14.9 Å². The van der Waals surface area contributed by atoms with Crippen LogP contribution in [-0.4, -0.2) is 29.1 Å². The van der Waals surface area contributed by atoms with E-state index in [1.165, 1.54) is 24.3 Å². The number of carbonyl (C=O) groups excluding carboxylic acids is 1. The molecule has 1 aromatic rings. The Labute approximate surface area is 105 Å². The highest BCUT2D eigenvalue weighted by Crippen LogP contribution is 2.25. The van der Waals surface area contributed by atoms with Crippen molar-refractivity contribution in [2.75, 3.05) is 6.61 Å². The average Bonchev–Trinajstić information content (AvgIpc) is 2.33. The molecule has 0 spiro atoms. The summed E-state index contributed by atoms with van der Waals surface area (Å²) in [6.07, 6.45) is 2.12. The van der Waals surface area contributed by atoms with E-state index in [2.05, 4.69) is 6.58 Å². The molecule has 2 N–H and O–H groups in total. The second kappa shape index (κ2) is 8.81. The molecule has 0 amide bonds. The summed E-state index contributed by atoms with van der Waals surface area (Å²) in [5.41, 5.74) is 0.497. The van der Waals surface area contributed by atoms with Crippen molar-refractivity contribution in [1.29, 1.82) is 0 Å². The molecule has 5 heteroatoms. The zero-order valence-electron chi connectivity index (χ0n) is 10.1. The number of benzene rings is 1. The van der Waals surface area contributed by atoms with Crippen LogP contribution in [0.1, 0.15) is 23.7 Å². The van der Waals surface area contributed by atoms with Gasteiger partial charge in [-0.15, -0.1) is 6.58 Å². The number of ether oxygens (including phenoxy) is 1. The predicted octanol–water partition coefficient (Wildman–Crippen LogP) is 2.25. The van der Waals surface area contributed by atoms with Gasteiger partial charge >= 0.3 is 5.97 Å². The van der Waals surface area contributed by atoms with Crippen molar-refractivity contribution in [1.82, 2.24) is 0 Å². The first-order chi connectivity index (χ1) is 8.54. The van der Waals surface area contributed by atoms with Crippen molar-refractivity contribution < 1.29 is 24.5 Å². The number of phenols is 1. The minimum absolute atomic E-state index is 0.0556. The van der Waals surface area contributed by atoms with Crippen LogP contribution in [-0.2, 0) is 4.79 Å². The lowest BCUT2D eigenvalue weighted by Crippen LogP contribution is -1.92. The summed E-state index contributed by atoms with van der Waals surface area (Å²) in [7, 11) is 0. The normalized spacial score (nSPS) is 8.72. The van der Waals surface area contributed by atoms with Gasteiger partial charge in [-0.1, -0.05) is 6.08 Å². The first kappa shape index (κ1) is 15.7. The molecule has 0 aliphatic heterocycles. The van der Waals surface area contributed by atoms with Crippen molar-refractivity contribution in [2.45, 2.75) is 13.3 Å². The van der Waals surface area contributed by atoms with Gasteiger partial charge in [0.1, 0.15) is 6.29 Å². The fourth-order valence-electron chi connectivity index (χ4n) is 0.999. The van der Waals surface area contributed by atoms with Crippen LogP contribution in [0.5, 0.6) is 11.5 Å². The molecule has 0 aliphatic carbocycles. The summed E-state index contributed by atoms with van der Waals surface area (Å²) in [6, 6.07) is 4.48. The predicted molar refractivity (Wildman–Crippen MR) is 67.1 cm³/mol. The van der Waals surface area contributed by atoms with E-state index in [-0.39, 0.29) is 12.2 Å². The molecule has 1 aromatic carbocycles. The van der Waals surface area contributed by atoms with Gasteiger partial charge in [0.2, 0.25) is 0 Å². The number of carbonyl (C=O) groups is 2. The van der Waals surface area contributed by atoms with Gasteiger partial charge in [-0.2, -0.15) is 0 Å². The van der Waals surface area contributed by atoms with E-state index >= 15 is 0 Å². The van der Waals surface area contributed by atoms with E-state index in [4.69, 9.17) is 9.84 Å². The third kappa shape index (κ3) is 6.32. The number of carboxylic acids is 1. The van der Waals surface area contributed by atoms with Crippen LogP contribution < -0.4 is 4.74 Å². The Morgan fingerprint density at radius 2 is 2.17 bits per heavy atom. The molecule has 18 heavy (non-hydrogen) atoms. The van der Waals surface area contributed by atoms with E-state index in [0.717, 1.165) is 0 Å². The number of hydrogen-bond acceptors (Lipinski definition) is 4. The van der Waals surface area contributed by atoms with E-state index < -0.39 is 5.97 Å². The van der Waals surface area contributed by atoms with Gasteiger partial charge in [-0.25, -0.2) is 0 Å². The number of aromatic hydroxyl groups is 1. The second-order valence-electron chi connectivity index (χ2n) is 3.16. The number of carboxylic acid groups (broad SMARTS) is 1. The van der Waals surface area contributed by atoms with Crippen LogP contribution in [0.4, 0.5) is 0 Å². The molecule has 1 rings (SSSR count). The maximum atomic E-state index is 10.3. The summed E-state index contributed by atoms with van der Waals surface area (Å²) in [5, 5.41) is 17.1. The van der Waals surface area contributed by atoms with E-state index in [1.54, 1.807) is 0 Å². The van der Waals surface area contributed by atoms with Gasteiger partial charge in [0.15, 0.2) is 11.5 Å². The van der Waals surface area contributed by atoms with Gasteiger partial charge in [-0.05, 0) is 25.1 Å². The second-order valence-corrected chi connectivity index (χ2v) is 3.16. The summed E-state index contributed by atoms with van der Waals surface area (Å²) >= 11 is 0. The van der Waals surface area contributed by atoms with E-state index in [1.807, 2.05) is 6.92 Å². The smallest absolute Gasteiger partial charge is 0.307 e. The SMILES string of the molecule is C=CCC(=O)O.CCOc1cc(C=O)ccc1O. The Bertz CT molecular complexity index is 412. The molecule has 0 aromatic heterocycles. The maximum Gasteiger partial charge on any atom is 0.307 e. The number of aliphatic carboxylic acids is 1. The first-order valence-electron chi connectivity index (χ1n) is 5.28. The van der Waals surface area contributed by atoms with E-state index in [9.17, 15) is 14.7 Å². The minimum atomic E-state index is -0.829. The summed E-state index contributed by atoms with van der Waals surface area (Å²) in [6.45, 7) is 5.50. The Morgan fingerprint density at radius 3 is 2.56 bits per heavy atom. The molecular formula is C13H16O5. The molecule has 0 saturated heterocycles. The minimum Gasteiger partial charge on any atom is -0.504 e. The van der Waals surface area contributed by atoms with Crippen LogP contribution >= 0.6 is 0 Å². The van der Waals surface area contributed by atoms with Crippen molar-refractivity contribution in [3.63, 3.8) is 0 Å². The Morgan fingerprint density at radius 1 is 1.50 bits per heavy atom. The molecule has 0 radical (unpaired) electrons. The van der Waals surface area contributed by atoms with Crippen LogP contribution in [0.3, 0.4) is 0 Å². The lowest BCUT2D eigenvalue weighted by molar-refractivity contribution is -0.135. The number of hydrogen-bond donors (Lipinski definition) is 2. The van der Waals surface area contributed by atoms with Crippen molar-refractivity contribution in [3.8, 4) is 11.5 Å². The first-order valence-corrected chi connectivity index (χ1v) is 5.28. The van der Waals surface area contributed by atoms with Gasteiger partial charge in [0.05, 0.1) is 13.0 Å². The Hall–Kier alpha value is -2.30. The molecule has 5 nitrogen and oxygen atoms in total. The van der Waals surface area contributed by atoms with Crippen LogP contribution in [0, 0.1) is 0 Å². The van der Waals surface area contributed by atoms with Crippen molar-refractivity contribution in [3.05, 3.63) is 36.4 Å². The third-order valence-electron chi connectivity index (χ3n) is 1.74. The molecule has 0 saturated carbocycles. The molecule has 98 valence electrons. The zero-order chi connectivity index (χ0) is 14.0. The van der Waals surface area contributed by atoms with E-state index in [0.29, 0.717) is 24.2 Å². The van der Waals surface area contributed by atoms with Gasteiger partial charge in [0, 0.05) is 5.56 Å². The molecule has 0 bridgehead atoms. The highest BCUT2D eigenvalue weighted by molar-refractivity contribution is 5.76. The summed E-state index contributed by atoms with van der Waals surface area (Å²) in [5.74, 6) is -0.422. The monoisotopic (exact) mass is 252 g/mol. The maximum absolute atomic E-state index is 10.3. The molecule has 0 aliphatic rings. The van der Waals surface area contributed by atoms with Gasteiger partial charge in [-0.3, -0.25) is 9.59 Å². The topological polar surface area (TPSA) is 83.8 Å². The van der Waals surface area contributed by atoms with Crippen LogP contribution in [0.25, 0.3) is 0 Å². The highest BCUT2D eigenvalue weighted by atomic mass is 16.5. The number of aldehydes is 1. The number of phenolic OH excluding ortho intramolecular Hbond substituents is 1.